The summed E-state index contributed by atoms with van der Waals surface area (Å²) in [4.78, 5) is 0. The highest BCUT2D eigenvalue weighted by Gasteiger charge is 2.40. The molecule has 1 N–H and O–H groups in total. The van der Waals surface area contributed by atoms with Gasteiger partial charge in [0.25, 0.3) is 0 Å². The van der Waals surface area contributed by atoms with E-state index in [-0.39, 0.29) is 0 Å². The molecule has 1 aromatic carbocycles. The molecule has 1 saturated heterocycles. The van der Waals surface area contributed by atoms with E-state index in [1.165, 1.54) is 0 Å². The molecule has 0 radical (unpaired) electrons. The van der Waals surface area contributed by atoms with Crippen LogP contribution in [0.15, 0.2) is 34.7 Å². The molecule has 2 heterocycles. The number of fused-ring (bicyclic) bond motifs is 1. The van der Waals surface area contributed by atoms with Crippen molar-refractivity contribution in [2.45, 2.75) is 24.2 Å². The maximum Gasteiger partial charge on any atom is 0.137 e. The third-order valence-electron chi connectivity index (χ3n) is 3.12. The van der Waals surface area contributed by atoms with Crippen molar-refractivity contribution in [1.82, 2.24) is 0 Å². The van der Waals surface area contributed by atoms with Crippen LogP contribution in [-0.4, -0.2) is 16.1 Å². The van der Waals surface area contributed by atoms with Crippen molar-refractivity contribution in [3.8, 4) is 0 Å². The van der Waals surface area contributed by atoms with Crippen LogP contribution in [0.25, 0.3) is 11.0 Å². The Morgan fingerprint density at radius 2 is 2.25 bits per heavy atom. The van der Waals surface area contributed by atoms with E-state index in [1.54, 1.807) is 11.8 Å². The minimum atomic E-state index is -0.775. The molecule has 2 aromatic rings. The maximum absolute atomic E-state index is 10.5. The first kappa shape index (κ1) is 10.2. The number of hydrogen-bond donors (Lipinski definition) is 1. The maximum atomic E-state index is 10.5. The Hall–Kier alpha value is -0.930. The summed E-state index contributed by atoms with van der Waals surface area (Å²) in [7, 11) is 0. The number of thioether (sulfide) groups is 1. The van der Waals surface area contributed by atoms with Crippen LogP contribution in [0.5, 0.6) is 0 Å². The summed E-state index contributed by atoms with van der Waals surface area (Å²) in [6.45, 7) is 2.14. The van der Waals surface area contributed by atoms with Crippen molar-refractivity contribution < 1.29 is 9.52 Å². The average Bonchev–Trinajstić information content (AvgIpc) is 2.83. The SMILES string of the molecule is CC1CC(O)(c2cc3ccccc3o2)CS1. The lowest BCUT2D eigenvalue weighted by Gasteiger charge is -2.18. The molecule has 2 nitrogen and oxygen atoms in total. The Morgan fingerprint density at radius 1 is 1.44 bits per heavy atom. The molecule has 2 unspecified atom stereocenters. The van der Waals surface area contributed by atoms with Crippen molar-refractivity contribution in [3.63, 3.8) is 0 Å². The Balaban J connectivity index is 2.06. The van der Waals surface area contributed by atoms with E-state index in [0.29, 0.717) is 11.0 Å². The Labute approximate surface area is 98.6 Å². The third kappa shape index (κ3) is 1.55. The highest BCUT2D eigenvalue weighted by molar-refractivity contribution is 8.00. The van der Waals surface area contributed by atoms with Crippen LogP contribution in [0.1, 0.15) is 19.1 Å². The van der Waals surface area contributed by atoms with E-state index < -0.39 is 5.60 Å². The van der Waals surface area contributed by atoms with Gasteiger partial charge in [0.2, 0.25) is 0 Å². The lowest BCUT2D eigenvalue weighted by Crippen LogP contribution is -2.24. The predicted molar refractivity (Wildman–Crippen MR) is 66.6 cm³/mol. The molecule has 0 spiro atoms. The zero-order valence-corrected chi connectivity index (χ0v) is 9.96. The topological polar surface area (TPSA) is 33.4 Å². The molecule has 1 aliphatic rings. The van der Waals surface area contributed by atoms with Gasteiger partial charge in [0, 0.05) is 16.4 Å². The fraction of sp³-hybridized carbons (Fsp3) is 0.385. The van der Waals surface area contributed by atoms with E-state index in [1.807, 2.05) is 30.3 Å². The molecule has 3 rings (SSSR count). The first-order chi connectivity index (χ1) is 7.67. The number of furan rings is 1. The summed E-state index contributed by atoms with van der Waals surface area (Å²) in [5.41, 5.74) is 0.0822. The first-order valence-electron chi connectivity index (χ1n) is 5.50. The summed E-state index contributed by atoms with van der Waals surface area (Å²) in [6, 6.07) is 9.85. The highest BCUT2D eigenvalue weighted by Crippen LogP contribution is 2.42. The van der Waals surface area contributed by atoms with E-state index in [9.17, 15) is 5.11 Å². The van der Waals surface area contributed by atoms with Gasteiger partial charge >= 0.3 is 0 Å². The monoisotopic (exact) mass is 234 g/mol. The molecule has 16 heavy (non-hydrogen) atoms. The van der Waals surface area contributed by atoms with Crippen molar-refractivity contribution in [3.05, 3.63) is 36.1 Å². The first-order valence-corrected chi connectivity index (χ1v) is 6.55. The fourth-order valence-electron chi connectivity index (χ4n) is 2.26. The summed E-state index contributed by atoms with van der Waals surface area (Å²) >= 11 is 1.80. The fourth-order valence-corrected chi connectivity index (χ4v) is 3.47. The predicted octanol–water partition coefficient (Wildman–Crippen LogP) is 3.15. The van der Waals surface area contributed by atoms with Gasteiger partial charge in [-0.3, -0.25) is 0 Å². The Morgan fingerprint density at radius 3 is 2.94 bits per heavy atom. The standard InChI is InChI=1S/C13H14O2S/c1-9-7-13(14,8-16-9)12-6-10-4-2-3-5-11(10)15-12/h2-6,9,14H,7-8H2,1H3. The van der Waals surface area contributed by atoms with E-state index >= 15 is 0 Å². The molecule has 84 valence electrons. The van der Waals surface area contributed by atoms with Gasteiger partial charge in [-0.1, -0.05) is 25.1 Å². The normalized spacial score (nSPS) is 30.0. The van der Waals surface area contributed by atoms with Gasteiger partial charge in [-0.2, -0.15) is 11.8 Å². The van der Waals surface area contributed by atoms with Crippen LogP contribution in [0, 0.1) is 0 Å². The lowest BCUT2D eigenvalue weighted by atomic mass is 9.97. The summed E-state index contributed by atoms with van der Waals surface area (Å²) in [6.07, 6.45) is 0.775. The zero-order chi connectivity index (χ0) is 11.2. The van der Waals surface area contributed by atoms with Crippen LogP contribution in [0.4, 0.5) is 0 Å². The number of benzene rings is 1. The molecule has 0 saturated carbocycles. The van der Waals surface area contributed by atoms with Crippen molar-refractivity contribution >= 4 is 22.7 Å². The minimum Gasteiger partial charge on any atom is -0.458 e. The second-order valence-corrected chi connectivity index (χ2v) is 5.93. The molecule has 1 aliphatic heterocycles. The van der Waals surface area contributed by atoms with Gasteiger partial charge in [0.1, 0.15) is 16.9 Å². The molecule has 0 aliphatic carbocycles. The van der Waals surface area contributed by atoms with Crippen molar-refractivity contribution in [2.75, 3.05) is 5.75 Å². The molecule has 0 bridgehead atoms. The molecule has 2 atom stereocenters. The van der Waals surface area contributed by atoms with Crippen molar-refractivity contribution in [2.24, 2.45) is 0 Å². The van der Waals surface area contributed by atoms with Gasteiger partial charge in [-0.25, -0.2) is 0 Å². The second-order valence-electron chi connectivity index (χ2n) is 4.51. The van der Waals surface area contributed by atoms with Crippen LogP contribution in [-0.2, 0) is 5.60 Å². The lowest BCUT2D eigenvalue weighted by molar-refractivity contribution is 0.0396. The molecule has 1 fully saturated rings. The smallest absolute Gasteiger partial charge is 0.137 e. The summed E-state index contributed by atoms with van der Waals surface area (Å²) in [5, 5.41) is 12.1. The van der Waals surface area contributed by atoms with E-state index in [4.69, 9.17) is 4.42 Å². The van der Waals surface area contributed by atoms with Gasteiger partial charge in [0.05, 0.1) is 0 Å². The molecular formula is C13H14O2S. The molecule has 3 heteroatoms. The van der Waals surface area contributed by atoms with E-state index in [2.05, 4.69) is 6.92 Å². The number of hydrogen-bond acceptors (Lipinski definition) is 3. The molecule has 1 aromatic heterocycles. The Kier molecular flexibility index (Phi) is 2.26. The Bertz CT molecular complexity index is 486. The van der Waals surface area contributed by atoms with Gasteiger partial charge in [-0.05, 0) is 18.6 Å². The van der Waals surface area contributed by atoms with Crippen LogP contribution >= 0.6 is 11.8 Å². The number of aliphatic hydroxyl groups is 1. The van der Waals surface area contributed by atoms with Crippen LogP contribution < -0.4 is 0 Å². The average molecular weight is 234 g/mol. The summed E-state index contributed by atoms with van der Waals surface area (Å²) in [5.74, 6) is 1.44. The largest absolute Gasteiger partial charge is 0.458 e. The van der Waals surface area contributed by atoms with Gasteiger partial charge < -0.3 is 9.52 Å². The second kappa shape index (κ2) is 3.54. The highest BCUT2D eigenvalue weighted by atomic mass is 32.2. The number of para-hydroxylation sites is 1. The summed E-state index contributed by atoms with van der Waals surface area (Å²) < 4.78 is 5.74. The minimum absolute atomic E-state index is 0.498. The molecule has 0 amide bonds. The van der Waals surface area contributed by atoms with Gasteiger partial charge in [-0.15, -0.1) is 0 Å². The number of rotatable bonds is 1. The van der Waals surface area contributed by atoms with Crippen LogP contribution in [0.2, 0.25) is 0 Å². The third-order valence-corrected chi connectivity index (χ3v) is 4.50. The van der Waals surface area contributed by atoms with Crippen molar-refractivity contribution in [1.29, 1.82) is 0 Å². The van der Waals surface area contributed by atoms with Gasteiger partial charge in [0.15, 0.2) is 0 Å². The molecular weight excluding hydrogens is 220 g/mol. The van der Waals surface area contributed by atoms with E-state index in [0.717, 1.165) is 23.1 Å². The van der Waals surface area contributed by atoms with Crippen LogP contribution in [0.3, 0.4) is 0 Å². The quantitative estimate of drug-likeness (QED) is 0.823. The zero-order valence-electron chi connectivity index (χ0n) is 9.14.